The normalized spacial score (nSPS) is 14.2. The number of hydrogen-bond acceptors (Lipinski definition) is 4. The molecule has 0 saturated carbocycles. The Balaban J connectivity index is 1.82. The second-order valence-electron chi connectivity index (χ2n) is 5.30. The van der Waals surface area contributed by atoms with E-state index in [9.17, 15) is 5.11 Å². The van der Waals surface area contributed by atoms with Crippen molar-refractivity contribution in [3.8, 4) is 5.75 Å². The van der Waals surface area contributed by atoms with Crippen LogP contribution in [0, 0.1) is 6.92 Å². The number of nitrogens with one attached hydrogen (secondary N) is 1. The molecule has 2 unspecified atom stereocenters. The number of phenolic OH excluding ortho intramolecular Hbond substituents is 1. The number of thiazole rings is 1. The van der Waals surface area contributed by atoms with Gasteiger partial charge in [-0.1, -0.05) is 12.1 Å². The number of aromatic hydroxyl groups is 1. The standard InChI is InChI=1S/C16H22N2OS/c1-11(4-5-14-6-8-15(19)9-7-14)18-13(3)16-12(2)17-10-20-16/h6-11,13,18-19H,4-5H2,1-3H3. The van der Waals surface area contributed by atoms with E-state index in [4.69, 9.17) is 0 Å². The van der Waals surface area contributed by atoms with E-state index in [0.717, 1.165) is 18.5 Å². The van der Waals surface area contributed by atoms with Gasteiger partial charge in [0.15, 0.2) is 0 Å². The van der Waals surface area contributed by atoms with Crippen molar-refractivity contribution in [3.63, 3.8) is 0 Å². The van der Waals surface area contributed by atoms with E-state index in [1.165, 1.54) is 10.4 Å². The molecule has 1 heterocycles. The summed E-state index contributed by atoms with van der Waals surface area (Å²) < 4.78 is 0. The first-order chi connectivity index (χ1) is 9.56. The van der Waals surface area contributed by atoms with Crippen LogP contribution < -0.4 is 5.32 Å². The Hall–Kier alpha value is -1.39. The van der Waals surface area contributed by atoms with Gasteiger partial charge in [-0.15, -0.1) is 11.3 Å². The fraction of sp³-hybridized carbons (Fsp3) is 0.438. The van der Waals surface area contributed by atoms with Crippen LogP contribution in [-0.4, -0.2) is 16.1 Å². The van der Waals surface area contributed by atoms with Crippen molar-refractivity contribution in [2.24, 2.45) is 0 Å². The van der Waals surface area contributed by atoms with Crippen molar-refractivity contribution < 1.29 is 5.11 Å². The van der Waals surface area contributed by atoms with E-state index in [-0.39, 0.29) is 0 Å². The third kappa shape index (κ3) is 4.05. The molecule has 0 radical (unpaired) electrons. The molecule has 2 N–H and O–H groups in total. The number of aromatic nitrogens is 1. The van der Waals surface area contributed by atoms with Gasteiger partial charge < -0.3 is 10.4 Å². The first-order valence-electron chi connectivity index (χ1n) is 7.00. The molecule has 0 bridgehead atoms. The van der Waals surface area contributed by atoms with E-state index in [0.29, 0.717) is 17.8 Å². The highest BCUT2D eigenvalue weighted by molar-refractivity contribution is 7.09. The molecule has 0 aliphatic heterocycles. The van der Waals surface area contributed by atoms with Crippen molar-refractivity contribution in [1.82, 2.24) is 10.3 Å². The maximum Gasteiger partial charge on any atom is 0.115 e. The Morgan fingerprint density at radius 3 is 2.55 bits per heavy atom. The lowest BCUT2D eigenvalue weighted by molar-refractivity contribution is 0.458. The number of rotatable bonds is 6. The van der Waals surface area contributed by atoms with Gasteiger partial charge >= 0.3 is 0 Å². The Morgan fingerprint density at radius 2 is 1.95 bits per heavy atom. The number of nitrogens with zero attached hydrogens (tertiary/aromatic N) is 1. The van der Waals surface area contributed by atoms with Gasteiger partial charge in [0.1, 0.15) is 5.75 Å². The Kier molecular flexibility index (Phi) is 5.15. The molecule has 3 nitrogen and oxygen atoms in total. The molecular formula is C16H22N2OS. The lowest BCUT2D eigenvalue weighted by Crippen LogP contribution is -2.29. The van der Waals surface area contributed by atoms with Gasteiger partial charge in [0, 0.05) is 17.0 Å². The van der Waals surface area contributed by atoms with Crippen LogP contribution in [0.4, 0.5) is 0 Å². The summed E-state index contributed by atoms with van der Waals surface area (Å²) in [5.74, 6) is 0.328. The summed E-state index contributed by atoms with van der Waals surface area (Å²) in [6.07, 6.45) is 2.09. The van der Waals surface area contributed by atoms with Crippen molar-refractivity contribution in [3.05, 3.63) is 45.9 Å². The first-order valence-corrected chi connectivity index (χ1v) is 7.88. The molecule has 0 saturated heterocycles. The monoisotopic (exact) mass is 290 g/mol. The lowest BCUT2D eigenvalue weighted by atomic mass is 10.1. The summed E-state index contributed by atoms with van der Waals surface area (Å²) in [7, 11) is 0. The highest BCUT2D eigenvalue weighted by Gasteiger charge is 2.13. The second-order valence-corrected chi connectivity index (χ2v) is 6.18. The zero-order valence-electron chi connectivity index (χ0n) is 12.3. The topological polar surface area (TPSA) is 45.2 Å². The lowest BCUT2D eigenvalue weighted by Gasteiger charge is -2.19. The SMILES string of the molecule is Cc1ncsc1C(C)NC(C)CCc1ccc(O)cc1. The molecule has 0 aliphatic rings. The fourth-order valence-corrected chi connectivity index (χ4v) is 3.18. The van der Waals surface area contributed by atoms with Crippen LogP contribution in [0.2, 0.25) is 0 Å². The summed E-state index contributed by atoms with van der Waals surface area (Å²) in [6, 6.07) is 8.25. The van der Waals surface area contributed by atoms with Gasteiger partial charge in [-0.05, 0) is 51.3 Å². The predicted octanol–water partition coefficient (Wildman–Crippen LogP) is 3.83. The Bertz CT molecular complexity index is 536. The van der Waals surface area contributed by atoms with Gasteiger partial charge in [0.2, 0.25) is 0 Å². The van der Waals surface area contributed by atoms with Crippen LogP contribution in [0.15, 0.2) is 29.8 Å². The minimum absolute atomic E-state index is 0.328. The minimum atomic E-state index is 0.328. The van der Waals surface area contributed by atoms with Crippen LogP contribution in [-0.2, 0) is 6.42 Å². The number of hydrogen-bond donors (Lipinski definition) is 2. The molecule has 4 heteroatoms. The summed E-state index contributed by atoms with van der Waals surface area (Å²) in [5.41, 5.74) is 4.29. The van der Waals surface area contributed by atoms with Crippen molar-refractivity contribution in [1.29, 1.82) is 0 Å². The van der Waals surface area contributed by atoms with Crippen LogP contribution in [0.1, 0.15) is 42.4 Å². The van der Waals surface area contributed by atoms with Gasteiger partial charge in [0.05, 0.1) is 11.2 Å². The van der Waals surface area contributed by atoms with Crippen molar-refractivity contribution in [2.45, 2.75) is 45.7 Å². The first kappa shape index (κ1) is 15.0. The summed E-state index contributed by atoms with van der Waals surface area (Å²) in [6.45, 7) is 6.47. The van der Waals surface area contributed by atoms with Gasteiger partial charge in [-0.2, -0.15) is 0 Å². The van der Waals surface area contributed by atoms with Gasteiger partial charge in [-0.25, -0.2) is 4.98 Å². The highest BCUT2D eigenvalue weighted by atomic mass is 32.1. The summed E-state index contributed by atoms with van der Waals surface area (Å²) in [4.78, 5) is 5.62. The van der Waals surface area contributed by atoms with E-state index < -0.39 is 0 Å². The molecule has 2 aromatic rings. The molecule has 20 heavy (non-hydrogen) atoms. The van der Waals surface area contributed by atoms with Crippen LogP contribution >= 0.6 is 11.3 Å². The fourth-order valence-electron chi connectivity index (χ4n) is 2.36. The summed E-state index contributed by atoms with van der Waals surface area (Å²) in [5, 5.41) is 12.9. The highest BCUT2D eigenvalue weighted by Crippen LogP contribution is 2.22. The second kappa shape index (κ2) is 6.86. The van der Waals surface area contributed by atoms with Crippen LogP contribution in [0.25, 0.3) is 0 Å². The molecule has 0 aliphatic carbocycles. The van der Waals surface area contributed by atoms with Gasteiger partial charge in [-0.3, -0.25) is 0 Å². The molecule has 1 aromatic carbocycles. The molecule has 2 atom stereocenters. The van der Waals surface area contributed by atoms with E-state index in [1.54, 1.807) is 23.5 Å². The van der Waals surface area contributed by atoms with Crippen LogP contribution in [0.5, 0.6) is 5.75 Å². The molecule has 0 amide bonds. The number of benzene rings is 1. The van der Waals surface area contributed by atoms with E-state index in [2.05, 4.69) is 31.1 Å². The third-order valence-corrected chi connectivity index (χ3v) is 4.63. The van der Waals surface area contributed by atoms with Gasteiger partial charge in [0.25, 0.3) is 0 Å². The minimum Gasteiger partial charge on any atom is -0.508 e. The van der Waals surface area contributed by atoms with Crippen molar-refractivity contribution in [2.75, 3.05) is 0 Å². The average molecular weight is 290 g/mol. The molecule has 0 spiro atoms. The Labute approximate surface area is 124 Å². The maximum absolute atomic E-state index is 9.27. The number of phenols is 1. The molecular weight excluding hydrogens is 268 g/mol. The largest absolute Gasteiger partial charge is 0.508 e. The number of aryl methyl sites for hydroxylation is 2. The Morgan fingerprint density at radius 1 is 1.25 bits per heavy atom. The molecule has 0 fully saturated rings. The molecule has 108 valence electrons. The van der Waals surface area contributed by atoms with E-state index >= 15 is 0 Å². The predicted molar refractivity (Wildman–Crippen MR) is 84.3 cm³/mol. The smallest absolute Gasteiger partial charge is 0.115 e. The quantitative estimate of drug-likeness (QED) is 0.850. The molecule has 2 rings (SSSR count). The average Bonchev–Trinajstić information content (AvgIpc) is 2.84. The van der Waals surface area contributed by atoms with E-state index in [1.807, 2.05) is 17.6 Å². The maximum atomic E-state index is 9.27. The zero-order chi connectivity index (χ0) is 14.5. The third-order valence-electron chi connectivity index (χ3n) is 3.51. The van der Waals surface area contributed by atoms with Crippen LogP contribution in [0.3, 0.4) is 0 Å². The zero-order valence-corrected chi connectivity index (χ0v) is 13.1. The molecule has 1 aromatic heterocycles. The summed E-state index contributed by atoms with van der Waals surface area (Å²) >= 11 is 1.71. The van der Waals surface area contributed by atoms with Crippen molar-refractivity contribution >= 4 is 11.3 Å².